The summed E-state index contributed by atoms with van der Waals surface area (Å²) in [6, 6.07) is 7.57. The molecule has 0 spiro atoms. The fraction of sp³-hybridized carbons (Fsp3) is 0.400. The summed E-state index contributed by atoms with van der Waals surface area (Å²) in [5, 5.41) is 10.5. The van der Waals surface area contributed by atoms with Crippen molar-refractivity contribution in [1.29, 1.82) is 0 Å². The van der Waals surface area contributed by atoms with Crippen LogP contribution in [0.2, 0.25) is 0 Å². The number of carbonyl (C=O) groups is 1. The molecular weight excluding hydrogens is 356 g/mol. The Morgan fingerprint density at radius 2 is 2.04 bits per heavy atom. The van der Waals surface area contributed by atoms with E-state index in [1.54, 1.807) is 4.52 Å². The maximum Gasteiger partial charge on any atom is 0.412 e. The number of carbonyl (C=O) groups excluding carboxylic acids is 1. The lowest BCUT2D eigenvalue weighted by atomic mass is 10.2. The van der Waals surface area contributed by atoms with Crippen LogP contribution >= 0.6 is 0 Å². The highest BCUT2D eigenvalue weighted by atomic mass is 16.6. The van der Waals surface area contributed by atoms with E-state index >= 15 is 0 Å². The summed E-state index contributed by atoms with van der Waals surface area (Å²) in [6.07, 6.45) is 2.20. The number of aromatic nitrogens is 4. The van der Waals surface area contributed by atoms with Crippen molar-refractivity contribution in [2.45, 2.75) is 53.2 Å². The van der Waals surface area contributed by atoms with Gasteiger partial charge >= 0.3 is 6.09 Å². The summed E-state index contributed by atoms with van der Waals surface area (Å²) in [4.78, 5) is 20.9. The van der Waals surface area contributed by atoms with Crippen LogP contribution in [0.15, 0.2) is 30.5 Å². The normalized spacial score (nSPS) is 11.5. The molecule has 0 bridgehead atoms. The van der Waals surface area contributed by atoms with Gasteiger partial charge in [0.05, 0.1) is 6.20 Å². The lowest BCUT2D eigenvalue weighted by Gasteiger charge is -2.19. The third kappa shape index (κ3) is 4.76. The first-order chi connectivity index (χ1) is 13.2. The van der Waals surface area contributed by atoms with Crippen LogP contribution in [-0.4, -0.2) is 31.3 Å². The SMILES string of the molecule is CCc1cnn2c(NCc3cccc(NC(=O)OC(C)(C)C)c3)nc(C)nc12. The molecule has 0 aliphatic rings. The molecule has 8 heteroatoms. The number of hydrogen-bond donors (Lipinski definition) is 2. The van der Waals surface area contributed by atoms with Gasteiger partial charge in [-0.05, 0) is 51.8 Å². The highest BCUT2D eigenvalue weighted by Crippen LogP contribution is 2.17. The van der Waals surface area contributed by atoms with E-state index < -0.39 is 11.7 Å². The van der Waals surface area contributed by atoms with Crippen LogP contribution in [0.3, 0.4) is 0 Å². The van der Waals surface area contributed by atoms with Crippen molar-refractivity contribution in [3.05, 3.63) is 47.4 Å². The van der Waals surface area contributed by atoms with Crippen LogP contribution in [0.1, 0.15) is 44.6 Å². The van der Waals surface area contributed by atoms with Gasteiger partial charge in [-0.25, -0.2) is 9.78 Å². The molecule has 0 unspecified atom stereocenters. The first-order valence-electron chi connectivity index (χ1n) is 9.29. The van der Waals surface area contributed by atoms with E-state index in [0.29, 0.717) is 24.0 Å². The number of benzene rings is 1. The molecule has 148 valence electrons. The standard InChI is InChI=1S/C20H26N6O2/c1-6-15-12-22-26-17(15)23-13(2)24-18(26)21-11-14-8-7-9-16(10-14)25-19(27)28-20(3,4)5/h7-10,12H,6,11H2,1-5H3,(H,25,27)(H,21,23,24). The van der Waals surface area contributed by atoms with E-state index in [1.807, 2.05) is 58.2 Å². The van der Waals surface area contributed by atoms with Gasteiger partial charge in [0.15, 0.2) is 5.65 Å². The van der Waals surface area contributed by atoms with Crippen LogP contribution in [-0.2, 0) is 17.7 Å². The molecule has 2 heterocycles. The van der Waals surface area contributed by atoms with E-state index in [2.05, 4.69) is 32.6 Å². The van der Waals surface area contributed by atoms with Crippen molar-refractivity contribution in [1.82, 2.24) is 19.6 Å². The minimum atomic E-state index is -0.541. The number of aryl methyl sites for hydroxylation is 2. The van der Waals surface area contributed by atoms with Gasteiger partial charge in [0.25, 0.3) is 0 Å². The van der Waals surface area contributed by atoms with Gasteiger partial charge in [0, 0.05) is 17.8 Å². The molecule has 0 aliphatic carbocycles. The molecule has 1 amide bonds. The van der Waals surface area contributed by atoms with Crippen molar-refractivity contribution in [3.8, 4) is 0 Å². The van der Waals surface area contributed by atoms with Crippen LogP contribution in [0.5, 0.6) is 0 Å². The maximum atomic E-state index is 12.0. The van der Waals surface area contributed by atoms with E-state index in [9.17, 15) is 4.79 Å². The second-order valence-electron chi connectivity index (χ2n) is 7.53. The lowest BCUT2D eigenvalue weighted by molar-refractivity contribution is 0.0636. The zero-order chi connectivity index (χ0) is 20.3. The molecule has 2 aromatic heterocycles. The monoisotopic (exact) mass is 382 g/mol. The first kappa shape index (κ1) is 19.6. The average molecular weight is 382 g/mol. The predicted molar refractivity (Wildman–Crippen MR) is 109 cm³/mol. The quantitative estimate of drug-likeness (QED) is 0.694. The third-order valence-electron chi connectivity index (χ3n) is 3.96. The number of amides is 1. The van der Waals surface area contributed by atoms with E-state index in [0.717, 1.165) is 23.2 Å². The minimum Gasteiger partial charge on any atom is -0.444 e. The summed E-state index contributed by atoms with van der Waals surface area (Å²) < 4.78 is 7.01. The molecule has 28 heavy (non-hydrogen) atoms. The van der Waals surface area contributed by atoms with Gasteiger partial charge in [0.2, 0.25) is 5.95 Å². The smallest absolute Gasteiger partial charge is 0.412 e. The second-order valence-corrected chi connectivity index (χ2v) is 7.53. The number of ether oxygens (including phenoxy) is 1. The van der Waals surface area contributed by atoms with Crippen molar-refractivity contribution in [2.24, 2.45) is 0 Å². The highest BCUT2D eigenvalue weighted by Gasteiger charge is 2.16. The number of nitrogens with one attached hydrogen (secondary N) is 2. The molecule has 2 N–H and O–H groups in total. The average Bonchev–Trinajstić information content (AvgIpc) is 3.01. The number of rotatable bonds is 5. The second kappa shape index (κ2) is 7.84. The molecule has 8 nitrogen and oxygen atoms in total. The van der Waals surface area contributed by atoms with E-state index in [4.69, 9.17) is 4.74 Å². The Labute approximate surface area is 164 Å². The molecule has 0 saturated heterocycles. The van der Waals surface area contributed by atoms with Gasteiger partial charge < -0.3 is 10.1 Å². The van der Waals surface area contributed by atoms with Crippen molar-refractivity contribution >= 4 is 23.4 Å². The van der Waals surface area contributed by atoms with Gasteiger partial charge in [-0.1, -0.05) is 19.1 Å². The molecule has 0 radical (unpaired) electrons. The van der Waals surface area contributed by atoms with Crippen LogP contribution < -0.4 is 10.6 Å². The molecule has 3 aromatic rings. The van der Waals surface area contributed by atoms with Gasteiger partial charge in [0.1, 0.15) is 11.4 Å². The maximum absolute atomic E-state index is 12.0. The molecule has 0 fully saturated rings. The Morgan fingerprint density at radius 1 is 1.25 bits per heavy atom. The van der Waals surface area contributed by atoms with Gasteiger partial charge in [-0.3, -0.25) is 5.32 Å². The first-order valence-corrected chi connectivity index (χ1v) is 9.29. The van der Waals surface area contributed by atoms with Crippen LogP contribution in [0.25, 0.3) is 5.65 Å². The number of anilines is 2. The fourth-order valence-electron chi connectivity index (χ4n) is 2.75. The Kier molecular flexibility index (Phi) is 5.48. The summed E-state index contributed by atoms with van der Waals surface area (Å²) in [6.45, 7) is 9.95. The molecule has 3 rings (SSSR count). The summed E-state index contributed by atoms with van der Waals surface area (Å²) in [5.74, 6) is 1.32. The molecule has 0 atom stereocenters. The predicted octanol–water partition coefficient (Wildman–Crippen LogP) is 3.95. The Morgan fingerprint density at radius 3 is 2.75 bits per heavy atom. The van der Waals surface area contributed by atoms with Crippen LogP contribution in [0.4, 0.5) is 16.4 Å². The van der Waals surface area contributed by atoms with Crippen molar-refractivity contribution in [2.75, 3.05) is 10.6 Å². The molecule has 0 aliphatic heterocycles. The topological polar surface area (TPSA) is 93.4 Å². The summed E-state index contributed by atoms with van der Waals surface area (Å²) in [5.41, 5.74) is 3.02. The van der Waals surface area contributed by atoms with Crippen LogP contribution in [0, 0.1) is 6.92 Å². The number of fused-ring (bicyclic) bond motifs is 1. The fourth-order valence-corrected chi connectivity index (χ4v) is 2.75. The lowest BCUT2D eigenvalue weighted by Crippen LogP contribution is -2.27. The third-order valence-corrected chi connectivity index (χ3v) is 3.96. The zero-order valence-electron chi connectivity index (χ0n) is 16.9. The molecular formula is C20H26N6O2. The van der Waals surface area contributed by atoms with Gasteiger partial charge in [-0.2, -0.15) is 14.6 Å². The largest absolute Gasteiger partial charge is 0.444 e. The van der Waals surface area contributed by atoms with E-state index in [1.165, 1.54) is 0 Å². The zero-order valence-corrected chi connectivity index (χ0v) is 16.9. The minimum absolute atomic E-state index is 0.477. The van der Waals surface area contributed by atoms with Gasteiger partial charge in [-0.15, -0.1) is 0 Å². The summed E-state index contributed by atoms with van der Waals surface area (Å²) >= 11 is 0. The Bertz CT molecular complexity index is 990. The Balaban J connectivity index is 1.73. The molecule has 0 saturated carbocycles. The van der Waals surface area contributed by atoms with Crippen molar-refractivity contribution in [3.63, 3.8) is 0 Å². The highest BCUT2D eigenvalue weighted by molar-refractivity contribution is 5.84. The Hall–Kier alpha value is -3.16. The van der Waals surface area contributed by atoms with E-state index in [-0.39, 0.29) is 0 Å². The van der Waals surface area contributed by atoms with Crippen molar-refractivity contribution < 1.29 is 9.53 Å². The number of nitrogens with zero attached hydrogens (tertiary/aromatic N) is 4. The molecule has 1 aromatic carbocycles. The number of hydrogen-bond acceptors (Lipinski definition) is 6. The summed E-state index contributed by atoms with van der Waals surface area (Å²) in [7, 11) is 0.